The van der Waals surface area contributed by atoms with Crippen LogP contribution in [0.4, 0.5) is 0 Å². The molecule has 1 aliphatic carbocycles. The Bertz CT molecular complexity index is 271. The van der Waals surface area contributed by atoms with Crippen LogP contribution in [0.15, 0.2) is 0 Å². The van der Waals surface area contributed by atoms with E-state index in [2.05, 4.69) is 5.32 Å². The summed E-state index contributed by atoms with van der Waals surface area (Å²) in [5, 5.41) is 12.2. The Morgan fingerprint density at radius 2 is 2.06 bits per heavy atom. The second-order valence-electron chi connectivity index (χ2n) is 6.03. The van der Waals surface area contributed by atoms with Gasteiger partial charge in [-0.1, -0.05) is 26.2 Å². The number of hydrogen-bond donors (Lipinski definition) is 3. The van der Waals surface area contributed by atoms with Crippen LogP contribution in [0, 0.1) is 5.41 Å². The van der Waals surface area contributed by atoms with Gasteiger partial charge in [-0.2, -0.15) is 0 Å². The van der Waals surface area contributed by atoms with Crippen LogP contribution in [-0.2, 0) is 4.79 Å². The standard InChI is InChI=1S/C14H28N2O2/c1-3-6-13(2,15)12(18)16-11-14(9-10-17)7-4-5-8-14/h17H,3-11,15H2,1-2H3,(H,16,18). The zero-order chi connectivity index (χ0) is 13.6. The fourth-order valence-corrected chi connectivity index (χ4v) is 2.98. The Balaban J connectivity index is 2.49. The van der Waals surface area contributed by atoms with Crippen LogP contribution in [0.25, 0.3) is 0 Å². The molecule has 18 heavy (non-hydrogen) atoms. The molecule has 0 aromatic rings. The van der Waals surface area contributed by atoms with E-state index in [9.17, 15) is 4.79 Å². The third-order valence-corrected chi connectivity index (χ3v) is 4.22. The van der Waals surface area contributed by atoms with E-state index in [1.807, 2.05) is 6.92 Å². The first-order valence-corrected chi connectivity index (χ1v) is 7.14. The van der Waals surface area contributed by atoms with Crippen LogP contribution in [0.1, 0.15) is 58.8 Å². The van der Waals surface area contributed by atoms with E-state index in [0.29, 0.717) is 13.0 Å². The molecule has 1 unspecified atom stereocenters. The van der Waals surface area contributed by atoms with Gasteiger partial charge in [-0.3, -0.25) is 4.79 Å². The van der Waals surface area contributed by atoms with Gasteiger partial charge in [0.25, 0.3) is 0 Å². The van der Waals surface area contributed by atoms with Crippen LogP contribution in [0.2, 0.25) is 0 Å². The molecule has 1 aliphatic rings. The number of carbonyl (C=O) groups excluding carboxylic acids is 1. The van der Waals surface area contributed by atoms with Gasteiger partial charge >= 0.3 is 0 Å². The molecule has 0 aliphatic heterocycles. The van der Waals surface area contributed by atoms with Gasteiger partial charge in [0.15, 0.2) is 0 Å². The molecule has 0 aromatic heterocycles. The minimum atomic E-state index is -0.770. The Morgan fingerprint density at radius 3 is 2.56 bits per heavy atom. The number of rotatable bonds is 7. The van der Waals surface area contributed by atoms with Crippen LogP contribution < -0.4 is 11.1 Å². The van der Waals surface area contributed by atoms with Gasteiger partial charge in [0.2, 0.25) is 5.91 Å². The number of hydrogen-bond acceptors (Lipinski definition) is 3. The monoisotopic (exact) mass is 256 g/mol. The molecule has 0 spiro atoms. The lowest BCUT2D eigenvalue weighted by atomic mass is 9.82. The van der Waals surface area contributed by atoms with Crippen molar-refractivity contribution >= 4 is 5.91 Å². The Morgan fingerprint density at radius 1 is 1.44 bits per heavy atom. The predicted octanol–water partition coefficient (Wildman–Crippen LogP) is 1.56. The van der Waals surface area contributed by atoms with Crippen molar-refractivity contribution in [3.05, 3.63) is 0 Å². The van der Waals surface area contributed by atoms with Crippen molar-refractivity contribution in [2.75, 3.05) is 13.2 Å². The van der Waals surface area contributed by atoms with E-state index in [1.54, 1.807) is 6.92 Å². The summed E-state index contributed by atoms with van der Waals surface area (Å²) in [5.74, 6) is -0.0615. The van der Waals surface area contributed by atoms with Gasteiger partial charge in [0.05, 0.1) is 5.54 Å². The summed E-state index contributed by atoms with van der Waals surface area (Å²) in [6.45, 7) is 4.68. The zero-order valence-corrected chi connectivity index (χ0v) is 11.8. The van der Waals surface area contributed by atoms with Gasteiger partial charge in [0.1, 0.15) is 0 Å². The molecule has 1 rings (SSSR count). The SMILES string of the molecule is CCCC(C)(N)C(=O)NCC1(CCO)CCCC1. The summed E-state index contributed by atoms with van der Waals surface area (Å²) in [6.07, 6.45) is 6.98. The van der Waals surface area contributed by atoms with E-state index < -0.39 is 5.54 Å². The Labute approximate surface area is 110 Å². The van der Waals surface area contributed by atoms with Gasteiger partial charge < -0.3 is 16.2 Å². The smallest absolute Gasteiger partial charge is 0.239 e. The highest BCUT2D eigenvalue weighted by atomic mass is 16.3. The molecule has 1 amide bonds. The quantitative estimate of drug-likeness (QED) is 0.647. The number of nitrogens with two attached hydrogens (primary N) is 1. The van der Waals surface area contributed by atoms with E-state index in [4.69, 9.17) is 10.8 Å². The highest BCUT2D eigenvalue weighted by Gasteiger charge is 2.35. The van der Waals surface area contributed by atoms with Crippen LogP contribution in [0.3, 0.4) is 0 Å². The van der Waals surface area contributed by atoms with Crippen LogP contribution in [-0.4, -0.2) is 29.7 Å². The van der Waals surface area contributed by atoms with E-state index in [-0.39, 0.29) is 17.9 Å². The topological polar surface area (TPSA) is 75.4 Å². The normalized spacial score (nSPS) is 21.6. The first-order chi connectivity index (χ1) is 8.46. The predicted molar refractivity (Wildman–Crippen MR) is 73.1 cm³/mol. The molecular formula is C14H28N2O2. The fraction of sp³-hybridized carbons (Fsp3) is 0.929. The van der Waals surface area contributed by atoms with Crippen molar-refractivity contribution in [2.24, 2.45) is 11.1 Å². The first-order valence-electron chi connectivity index (χ1n) is 7.14. The summed E-state index contributed by atoms with van der Waals surface area (Å²) in [4.78, 5) is 12.1. The molecule has 106 valence electrons. The number of nitrogens with one attached hydrogen (secondary N) is 1. The second kappa shape index (κ2) is 6.53. The third kappa shape index (κ3) is 3.95. The zero-order valence-electron chi connectivity index (χ0n) is 11.8. The summed E-state index contributed by atoms with van der Waals surface area (Å²) >= 11 is 0. The lowest BCUT2D eigenvalue weighted by Crippen LogP contribution is -2.53. The van der Waals surface area contributed by atoms with E-state index >= 15 is 0 Å². The summed E-state index contributed by atoms with van der Waals surface area (Å²) in [5.41, 5.74) is 5.34. The molecule has 1 fully saturated rings. The molecular weight excluding hydrogens is 228 g/mol. The minimum absolute atomic E-state index is 0.0615. The number of aliphatic hydroxyl groups is 1. The van der Waals surface area contributed by atoms with Gasteiger partial charge in [0, 0.05) is 13.2 Å². The lowest BCUT2D eigenvalue weighted by Gasteiger charge is -2.31. The van der Waals surface area contributed by atoms with Crippen molar-refractivity contribution in [1.82, 2.24) is 5.32 Å². The van der Waals surface area contributed by atoms with Crippen molar-refractivity contribution in [2.45, 2.75) is 64.3 Å². The molecule has 1 atom stereocenters. The molecule has 0 saturated heterocycles. The average Bonchev–Trinajstić information content (AvgIpc) is 2.75. The maximum absolute atomic E-state index is 12.1. The van der Waals surface area contributed by atoms with Crippen LogP contribution in [0.5, 0.6) is 0 Å². The van der Waals surface area contributed by atoms with Gasteiger partial charge in [-0.05, 0) is 38.0 Å². The maximum atomic E-state index is 12.1. The number of amides is 1. The highest BCUT2D eigenvalue weighted by molar-refractivity contribution is 5.85. The molecule has 0 aromatic carbocycles. The number of aliphatic hydroxyl groups excluding tert-OH is 1. The minimum Gasteiger partial charge on any atom is -0.396 e. The van der Waals surface area contributed by atoms with Crippen molar-refractivity contribution in [3.8, 4) is 0 Å². The maximum Gasteiger partial charge on any atom is 0.239 e. The average molecular weight is 256 g/mol. The molecule has 4 N–H and O–H groups in total. The van der Waals surface area contributed by atoms with Crippen molar-refractivity contribution in [1.29, 1.82) is 0 Å². The molecule has 0 bridgehead atoms. The molecule has 1 saturated carbocycles. The summed E-state index contributed by atoms with van der Waals surface area (Å²) < 4.78 is 0. The number of carbonyl (C=O) groups is 1. The third-order valence-electron chi connectivity index (χ3n) is 4.22. The van der Waals surface area contributed by atoms with Gasteiger partial charge in [-0.15, -0.1) is 0 Å². The van der Waals surface area contributed by atoms with Crippen molar-refractivity contribution < 1.29 is 9.90 Å². The largest absolute Gasteiger partial charge is 0.396 e. The molecule has 0 heterocycles. The Hall–Kier alpha value is -0.610. The summed E-state index contributed by atoms with van der Waals surface area (Å²) in [7, 11) is 0. The fourth-order valence-electron chi connectivity index (χ4n) is 2.98. The highest BCUT2D eigenvalue weighted by Crippen LogP contribution is 2.40. The van der Waals surface area contributed by atoms with Gasteiger partial charge in [-0.25, -0.2) is 0 Å². The molecule has 4 nitrogen and oxygen atoms in total. The van der Waals surface area contributed by atoms with E-state index in [1.165, 1.54) is 12.8 Å². The molecule has 4 heteroatoms. The van der Waals surface area contributed by atoms with Crippen LogP contribution >= 0.6 is 0 Å². The lowest BCUT2D eigenvalue weighted by molar-refractivity contribution is -0.126. The Kier molecular flexibility index (Phi) is 5.60. The molecule has 0 radical (unpaired) electrons. The van der Waals surface area contributed by atoms with Crippen molar-refractivity contribution in [3.63, 3.8) is 0 Å². The second-order valence-corrected chi connectivity index (χ2v) is 6.03. The van der Waals surface area contributed by atoms with E-state index in [0.717, 1.165) is 25.7 Å². The summed E-state index contributed by atoms with van der Waals surface area (Å²) in [6, 6.07) is 0. The first kappa shape index (κ1) is 15.4.